The van der Waals surface area contributed by atoms with Crippen molar-refractivity contribution in [3.63, 3.8) is 0 Å². The molecule has 4 rings (SSSR count). The van der Waals surface area contributed by atoms with Crippen LogP contribution in [0.3, 0.4) is 0 Å². The number of nitrogens with one attached hydrogen (secondary N) is 1. The fraction of sp³-hybridized carbons (Fsp3) is 0.571. The van der Waals surface area contributed by atoms with Gasteiger partial charge in [0, 0.05) is 34.0 Å². The smallest absolute Gasteiger partial charge is 0.305 e. The average molecular weight is 456 g/mol. The lowest BCUT2D eigenvalue weighted by atomic mass is 9.67. The summed E-state index contributed by atoms with van der Waals surface area (Å²) in [4.78, 5) is 18.3. The molecule has 4 nitrogen and oxygen atoms in total. The Bertz CT molecular complexity index is 837. The van der Waals surface area contributed by atoms with Gasteiger partial charge in [0.1, 0.15) is 0 Å². The molecule has 27 heavy (non-hydrogen) atoms. The number of aromatic nitrogens is 1. The Morgan fingerprint density at radius 3 is 2.96 bits per heavy atom. The number of benzene rings is 1. The van der Waals surface area contributed by atoms with Crippen LogP contribution in [0.4, 0.5) is 0 Å². The quantitative estimate of drug-likeness (QED) is 0.646. The molecule has 2 atom stereocenters. The Hall–Kier alpha value is -1.04. The molecule has 1 fully saturated rings. The van der Waals surface area contributed by atoms with Crippen LogP contribution >= 0.6 is 28.3 Å². The standard InChI is InChI=1S/C21H27BrN2O2.ClH/c1-3-21-14(9-10-18(25)26-2)6-5-12-24(21)13-11-15-19-16(22)7-4-8-17(19)23-20(15)21;/h4,7-8,14,23H,3,5-6,9-13H2,1-2H3;1H/t14?,21-;/m0./s1. The fourth-order valence-electron chi connectivity index (χ4n) is 5.50. The molecular weight excluding hydrogens is 428 g/mol. The largest absolute Gasteiger partial charge is 0.469 e. The molecule has 0 saturated carbocycles. The molecule has 1 saturated heterocycles. The predicted octanol–water partition coefficient (Wildman–Crippen LogP) is 5.18. The van der Waals surface area contributed by atoms with E-state index in [0.717, 1.165) is 32.4 Å². The first-order chi connectivity index (χ1) is 12.6. The lowest BCUT2D eigenvalue weighted by Gasteiger charge is -2.54. The van der Waals surface area contributed by atoms with E-state index >= 15 is 0 Å². The van der Waals surface area contributed by atoms with Gasteiger partial charge in [0.15, 0.2) is 0 Å². The number of fused-ring (bicyclic) bond motifs is 5. The monoisotopic (exact) mass is 454 g/mol. The van der Waals surface area contributed by atoms with Crippen LogP contribution in [0, 0.1) is 5.92 Å². The summed E-state index contributed by atoms with van der Waals surface area (Å²) in [6, 6.07) is 6.41. The number of hydrogen-bond acceptors (Lipinski definition) is 3. The van der Waals surface area contributed by atoms with Crippen LogP contribution in [0.1, 0.15) is 50.3 Å². The average Bonchev–Trinajstić information content (AvgIpc) is 3.06. The summed E-state index contributed by atoms with van der Waals surface area (Å²) >= 11 is 3.76. The topological polar surface area (TPSA) is 45.3 Å². The third-order valence-electron chi connectivity index (χ3n) is 6.63. The van der Waals surface area contributed by atoms with Gasteiger partial charge in [-0.25, -0.2) is 0 Å². The predicted molar refractivity (Wildman–Crippen MR) is 114 cm³/mol. The van der Waals surface area contributed by atoms with Crippen LogP contribution in [-0.2, 0) is 21.5 Å². The van der Waals surface area contributed by atoms with E-state index in [0.29, 0.717) is 12.3 Å². The summed E-state index contributed by atoms with van der Waals surface area (Å²) in [5.41, 5.74) is 4.09. The second-order valence-electron chi connectivity index (χ2n) is 7.61. The number of methoxy groups -OCH3 is 1. The maximum atomic E-state index is 11.8. The summed E-state index contributed by atoms with van der Waals surface area (Å²) in [7, 11) is 1.49. The number of hydrogen-bond donors (Lipinski definition) is 1. The number of rotatable bonds is 4. The van der Waals surface area contributed by atoms with Gasteiger partial charge in [0.05, 0.1) is 12.6 Å². The molecule has 6 heteroatoms. The summed E-state index contributed by atoms with van der Waals surface area (Å²) < 4.78 is 6.09. The number of carbonyl (C=O) groups excluding carboxylic acids is 1. The number of esters is 1. The summed E-state index contributed by atoms with van der Waals surface area (Å²) in [6.45, 7) is 4.56. The number of carbonyl (C=O) groups is 1. The zero-order valence-corrected chi connectivity index (χ0v) is 18.4. The van der Waals surface area contributed by atoms with Gasteiger partial charge in [-0.1, -0.05) is 28.9 Å². The zero-order chi connectivity index (χ0) is 18.3. The second kappa shape index (κ2) is 8.14. The first-order valence-corrected chi connectivity index (χ1v) is 10.5. The van der Waals surface area contributed by atoms with Crippen molar-refractivity contribution in [3.05, 3.63) is 33.9 Å². The molecule has 0 spiro atoms. The SMILES string of the molecule is CC[C@]12c3[nH]c4cccc(Br)c4c3CCN1CCCC2CCC(=O)OC.Cl. The lowest BCUT2D eigenvalue weighted by Crippen LogP contribution is -2.57. The highest BCUT2D eigenvalue weighted by atomic mass is 79.9. The first-order valence-electron chi connectivity index (χ1n) is 9.73. The molecular formula is C21H28BrClN2O2. The number of aromatic amines is 1. The molecule has 148 valence electrons. The Kier molecular flexibility index (Phi) is 6.24. The van der Waals surface area contributed by atoms with Crippen molar-refractivity contribution in [2.24, 2.45) is 5.92 Å². The van der Waals surface area contributed by atoms with E-state index in [1.54, 1.807) is 0 Å². The minimum Gasteiger partial charge on any atom is -0.469 e. The fourth-order valence-corrected chi connectivity index (χ4v) is 6.11. The maximum Gasteiger partial charge on any atom is 0.305 e. The van der Waals surface area contributed by atoms with Crippen molar-refractivity contribution < 1.29 is 9.53 Å². The molecule has 0 radical (unpaired) electrons. The molecule has 2 aliphatic rings. The number of halogens is 2. The zero-order valence-electron chi connectivity index (χ0n) is 16.0. The van der Waals surface area contributed by atoms with Gasteiger partial charge in [-0.05, 0) is 62.3 Å². The molecule has 3 heterocycles. The lowest BCUT2D eigenvalue weighted by molar-refractivity contribution is -0.141. The third kappa shape index (κ3) is 3.22. The number of nitrogens with zero attached hydrogens (tertiary/aromatic N) is 1. The van der Waals surface area contributed by atoms with Gasteiger partial charge in [-0.3, -0.25) is 9.69 Å². The van der Waals surface area contributed by atoms with Crippen molar-refractivity contribution in [2.75, 3.05) is 20.2 Å². The van der Waals surface area contributed by atoms with E-state index in [9.17, 15) is 4.79 Å². The van der Waals surface area contributed by atoms with Crippen LogP contribution in [0.5, 0.6) is 0 Å². The second-order valence-corrected chi connectivity index (χ2v) is 8.46. The Morgan fingerprint density at radius 1 is 1.41 bits per heavy atom. The molecule has 2 aliphatic heterocycles. The van der Waals surface area contributed by atoms with Gasteiger partial charge in [-0.2, -0.15) is 0 Å². The first kappa shape index (κ1) is 20.7. The minimum absolute atomic E-state index is 0. The Morgan fingerprint density at radius 2 is 2.22 bits per heavy atom. The van der Waals surface area contributed by atoms with E-state index in [2.05, 4.69) is 50.9 Å². The highest BCUT2D eigenvalue weighted by Crippen LogP contribution is 2.51. The van der Waals surface area contributed by atoms with Crippen LogP contribution in [0.25, 0.3) is 10.9 Å². The van der Waals surface area contributed by atoms with Crippen LogP contribution in [0.15, 0.2) is 22.7 Å². The number of H-pyrrole nitrogens is 1. The van der Waals surface area contributed by atoms with Crippen molar-refractivity contribution in [3.8, 4) is 0 Å². The molecule has 0 amide bonds. The molecule has 2 aromatic rings. The van der Waals surface area contributed by atoms with Crippen molar-refractivity contribution >= 4 is 45.2 Å². The summed E-state index contributed by atoms with van der Waals surface area (Å²) in [5.74, 6) is 0.384. The highest BCUT2D eigenvalue weighted by molar-refractivity contribution is 9.10. The van der Waals surface area contributed by atoms with Crippen molar-refractivity contribution in [2.45, 2.75) is 51.0 Å². The van der Waals surface area contributed by atoms with Crippen molar-refractivity contribution in [1.29, 1.82) is 0 Å². The van der Waals surface area contributed by atoms with Gasteiger partial charge in [0.25, 0.3) is 0 Å². The highest BCUT2D eigenvalue weighted by Gasteiger charge is 2.50. The Labute approximate surface area is 175 Å². The number of ether oxygens (including phenoxy) is 1. The van der Waals surface area contributed by atoms with Gasteiger partial charge in [-0.15, -0.1) is 12.4 Å². The molecule has 1 N–H and O–H groups in total. The molecule has 1 aromatic heterocycles. The van der Waals surface area contributed by atoms with Crippen LogP contribution in [0.2, 0.25) is 0 Å². The van der Waals surface area contributed by atoms with Gasteiger partial charge in [0.2, 0.25) is 0 Å². The van der Waals surface area contributed by atoms with Crippen molar-refractivity contribution in [1.82, 2.24) is 9.88 Å². The third-order valence-corrected chi connectivity index (χ3v) is 7.29. The molecule has 0 bridgehead atoms. The van der Waals surface area contributed by atoms with Gasteiger partial charge >= 0.3 is 5.97 Å². The maximum absolute atomic E-state index is 11.8. The van der Waals surface area contributed by atoms with Gasteiger partial charge < -0.3 is 9.72 Å². The summed E-state index contributed by atoms with van der Waals surface area (Å²) in [5, 5.41) is 1.34. The van der Waals surface area contributed by atoms with Crippen LogP contribution in [-0.4, -0.2) is 36.1 Å². The number of piperidine rings is 1. The Balaban J connectivity index is 0.00000210. The van der Waals surface area contributed by atoms with E-state index in [-0.39, 0.29) is 23.9 Å². The summed E-state index contributed by atoms with van der Waals surface area (Å²) in [6.07, 6.45) is 5.95. The normalized spacial score (nSPS) is 24.8. The van der Waals surface area contributed by atoms with E-state index in [1.165, 1.54) is 46.6 Å². The minimum atomic E-state index is -0.0937. The molecule has 1 aromatic carbocycles. The molecule has 0 aliphatic carbocycles. The van der Waals surface area contributed by atoms with E-state index in [4.69, 9.17) is 4.74 Å². The van der Waals surface area contributed by atoms with Crippen LogP contribution < -0.4 is 0 Å². The van der Waals surface area contributed by atoms with E-state index < -0.39 is 0 Å². The van der Waals surface area contributed by atoms with E-state index in [1.807, 2.05) is 0 Å². The molecule has 1 unspecified atom stereocenters.